The lowest BCUT2D eigenvalue weighted by molar-refractivity contribution is -0.122. The average molecular weight is 478 g/mol. The van der Waals surface area contributed by atoms with Gasteiger partial charge in [0.2, 0.25) is 5.91 Å². The van der Waals surface area contributed by atoms with Crippen molar-refractivity contribution in [2.24, 2.45) is 5.92 Å². The molecule has 35 heavy (non-hydrogen) atoms. The molecule has 0 saturated heterocycles. The van der Waals surface area contributed by atoms with E-state index in [0.29, 0.717) is 49.0 Å². The first-order valence-corrected chi connectivity index (χ1v) is 12.5. The summed E-state index contributed by atoms with van der Waals surface area (Å²) in [6.07, 6.45) is 2.09. The number of amides is 1. The number of ether oxygens (including phenoxy) is 3. The maximum atomic E-state index is 13.5. The molecule has 0 saturated carbocycles. The number of para-hydroxylation sites is 1. The van der Waals surface area contributed by atoms with Crippen molar-refractivity contribution in [2.45, 2.75) is 58.3 Å². The molecule has 2 atom stereocenters. The number of ketones is 1. The van der Waals surface area contributed by atoms with Crippen molar-refractivity contribution in [3.63, 3.8) is 0 Å². The van der Waals surface area contributed by atoms with Crippen LogP contribution in [0.5, 0.6) is 17.2 Å². The fraction of sp³-hybridized carbons (Fsp3) is 0.448. The van der Waals surface area contributed by atoms with Crippen LogP contribution < -0.4 is 19.5 Å². The molecule has 2 aromatic carbocycles. The van der Waals surface area contributed by atoms with Crippen LogP contribution in [0, 0.1) is 5.92 Å². The highest BCUT2D eigenvalue weighted by atomic mass is 16.5. The molecule has 2 aromatic rings. The van der Waals surface area contributed by atoms with Crippen molar-refractivity contribution in [2.75, 3.05) is 20.3 Å². The summed E-state index contributed by atoms with van der Waals surface area (Å²) in [6, 6.07) is 13.7. The molecule has 0 spiro atoms. The van der Waals surface area contributed by atoms with E-state index in [2.05, 4.69) is 19.2 Å². The number of benzene rings is 2. The first kappa shape index (κ1) is 24.8. The van der Waals surface area contributed by atoms with Gasteiger partial charge < -0.3 is 19.5 Å². The van der Waals surface area contributed by atoms with Gasteiger partial charge in [-0.1, -0.05) is 45.0 Å². The van der Waals surface area contributed by atoms with Gasteiger partial charge in [0.15, 0.2) is 17.3 Å². The Morgan fingerprint density at radius 3 is 2.46 bits per heavy atom. The third-order valence-electron chi connectivity index (χ3n) is 6.53. The summed E-state index contributed by atoms with van der Waals surface area (Å²) in [6.45, 7) is 7.47. The molecule has 0 aromatic heterocycles. The minimum atomic E-state index is -0.346. The normalized spacial score (nSPS) is 19.9. The highest BCUT2D eigenvalue weighted by Crippen LogP contribution is 2.46. The fourth-order valence-corrected chi connectivity index (χ4v) is 4.89. The Balaban J connectivity index is 1.63. The molecule has 6 heteroatoms. The Bertz CT molecular complexity index is 1100. The van der Waals surface area contributed by atoms with Crippen LogP contribution in [0.4, 0.5) is 0 Å². The van der Waals surface area contributed by atoms with Crippen LogP contribution in [0.15, 0.2) is 53.7 Å². The van der Waals surface area contributed by atoms with Gasteiger partial charge in [-0.2, -0.15) is 0 Å². The van der Waals surface area contributed by atoms with Gasteiger partial charge in [0.25, 0.3) is 0 Å². The molecular formula is C29H35NO5. The molecule has 1 amide bonds. The van der Waals surface area contributed by atoms with E-state index in [0.717, 1.165) is 29.0 Å². The Kier molecular flexibility index (Phi) is 7.79. The zero-order valence-corrected chi connectivity index (χ0v) is 21.1. The number of nitrogens with one attached hydrogen (secondary N) is 1. The van der Waals surface area contributed by atoms with E-state index in [1.54, 1.807) is 7.11 Å². The van der Waals surface area contributed by atoms with Crippen molar-refractivity contribution in [3.8, 4) is 17.2 Å². The molecule has 0 bridgehead atoms. The van der Waals surface area contributed by atoms with Crippen LogP contribution in [0.25, 0.3) is 0 Å². The van der Waals surface area contributed by atoms with Gasteiger partial charge in [0.1, 0.15) is 5.75 Å². The Morgan fingerprint density at radius 1 is 1.00 bits per heavy atom. The van der Waals surface area contributed by atoms with Gasteiger partial charge in [0.05, 0.1) is 20.3 Å². The van der Waals surface area contributed by atoms with E-state index >= 15 is 0 Å². The third-order valence-corrected chi connectivity index (χ3v) is 6.53. The van der Waals surface area contributed by atoms with Crippen LogP contribution in [0.1, 0.15) is 69.4 Å². The summed E-state index contributed by atoms with van der Waals surface area (Å²) < 4.78 is 17.4. The predicted molar refractivity (Wildman–Crippen MR) is 135 cm³/mol. The van der Waals surface area contributed by atoms with E-state index in [4.69, 9.17) is 14.2 Å². The summed E-state index contributed by atoms with van der Waals surface area (Å²) in [5.74, 6) is 2.18. The number of rotatable bonds is 9. The predicted octanol–water partition coefficient (Wildman–Crippen LogP) is 5.52. The van der Waals surface area contributed by atoms with Crippen molar-refractivity contribution >= 4 is 11.7 Å². The largest absolute Gasteiger partial charge is 0.493 e. The first-order chi connectivity index (χ1) is 16.9. The maximum Gasteiger partial charge on any atom is 0.225 e. The van der Waals surface area contributed by atoms with Crippen molar-refractivity contribution in [3.05, 3.63) is 64.9 Å². The smallest absolute Gasteiger partial charge is 0.225 e. The quantitative estimate of drug-likeness (QED) is 0.515. The Labute approximate surface area is 207 Å². The summed E-state index contributed by atoms with van der Waals surface area (Å²) in [4.78, 5) is 26.3. The average Bonchev–Trinajstić information content (AvgIpc) is 2.85. The molecule has 0 fully saturated rings. The molecule has 1 N–H and O–H groups in total. The summed E-state index contributed by atoms with van der Waals surface area (Å²) in [5.41, 5.74) is 3.34. The summed E-state index contributed by atoms with van der Waals surface area (Å²) in [5, 5.41) is 3.01. The number of allylic oxidation sites excluding steroid dienone is 2. The molecule has 1 aliphatic carbocycles. The molecule has 6 nitrogen and oxygen atoms in total. The first-order valence-electron chi connectivity index (χ1n) is 12.5. The van der Waals surface area contributed by atoms with Gasteiger partial charge in [0, 0.05) is 35.6 Å². The second-order valence-corrected chi connectivity index (χ2v) is 9.73. The van der Waals surface area contributed by atoms with Crippen LogP contribution in [-0.4, -0.2) is 32.0 Å². The number of methoxy groups -OCH3 is 1. The molecular weight excluding hydrogens is 442 g/mol. The SMILES string of the molecule is CCCOc1c(OC)cccc1C1CC(=O)NC2=C1C(=O)CC(c1ccc(OCC(C)C)cc1)C2. The number of hydrogen-bond acceptors (Lipinski definition) is 5. The summed E-state index contributed by atoms with van der Waals surface area (Å²) in [7, 11) is 1.60. The highest BCUT2D eigenvalue weighted by Gasteiger charge is 2.39. The number of carbonyl (C=O) groups is 2. The minimum absolute atomic E-state index is 0.0144. The molecule has 186 valence electrons. The third kappa shape index (κ3) is 5.53. The standard InChI is InChI=1S/C29H35NO5/c1-5-13-34-29-22(7-6-8-26(29)33-4)23-16-27(32)30-24-14-20(15-25(31)28(23)24)19-9-11-21(12-10-19)35-17-18(2)3/h6-12,18,20,23H,5,13-17H2,1-4H3,(H,30,32). The molecule has 2 unspecified atom stereocenters. The van der Waals surface area contributed by atoms with E-state index in [1.807, 2.05) is 49.4 Å². The highest BCUT2D eigenvalue weighted by molar-refractivity contribution is 6.02. The molecule has 1 heterocycles. The van der Waals surface area contributed by atoms with E-state index in [-0.39, 0.29) is 29.9 Å². The van der Waals surface area contributed by atoms with Crippen LogP contribution in [0.3, 0.4) is 0 Å². The maximum absolute atomic E-state index is 13.5. The van der Waals surface area contributed by atoms with E-state index in [1.165, 1.54) is 0 Å². The minimum Gasteiger partial charge on any atom is -0.493 e. The van der Waals surface area contributed by atoms with Gasteiger partial charge >= 0.3 is 0 Å². The van der Waals surface area contributed by atoms with Gasteiger partial charge in [-0.25, -0.2) is 0 Å². The van der Waals surface area contributed by atoms with Crippen LogP contribution in [-0.2, 0) is 9.59 Å². The summed E-state index contributed by atoms with van der Waals surface area (Å²) >= 11 is 0. The molecule has 1 aliphatic heterocycles. The number of Topliss-reactive ketones (excluding diaryl/α,β-unsaturated/α-hetero) is 1. The van der Waals surface area contributed by atoms with Crippen molar-refractivity contribution in [1.82, 2.24) is 5.32 Å². The Morgan fingerprint density at radius 2 is 1.77 bits per heavy atom. The lowest BCUT2D eigenvalue weighted by Gasteiger charge is -2.35. The van der Waals surface area contributed by atoms with Crippen LogP contribution in [0.2, 0.25) is 0 Å². The van der Waals surface area contributed by atoms with E-state index in [9.17, 15) is 9.59 Å². The zero-order valence-electron chi connectivity index (χ0n) is 21.1. The molecule has 0 radical (unpaired) electrons. The molecule has 4 rings (SSSR count). The fourth-order valence-electron chi connectivity index (χ4n) is 4.89. The van der Waals surface area contributed by atoms with Gasteiger partial charge in [-0.15, -0.1) is 0 Å². The second kappa shape index (κ2) is 11.0. The van der Waals surface area contributed by atoms with Crippen molar-refractivity contribution < 1.29 is 23.8 Å². The number of carbonyl (C=O) groups excluding carboxylic acids is 2. The number of hydrogen-bond donors (Lipinski definition) is 1. The van der Waals surface area contributed by atoms with Gasteiger partial charge in [-0.05, 0) is 48.4 Å². The van der Waals surface area contributed by atoms with Gasteiger partial charge in [-0.3, -0.25) is 9.59 Å². The molecule has 2 aliphatic rings. The zero-order chi connectivity index (χ0) is 24.9. The lowest BCUT2D eigenvalue weighted by Crippen LogP contribution is -2.38. The van der Waals surface area contributed by atoms with E-state index < -0.39 is 0 Å². The lowest BCUT2D eigenvalue weighted by atomic mass is 9.73. The topological polar surface area (TPSA) is 73.9 Å². The monoisotopic (exact) mass is 477 g/mol. The van der Waals surface area contributed by atoms with Crippen molar-refractivity contribution in [1.29, 1.82) is 0 Å². The second-order valence-electron chi connectivity index (χ2n) is 9.73. The van der Waals surface area contributed by atoms with Crippen LogP contribution >= 0.6 is 0 Å². The Hall–Kier alpha value is -3.28.